The zero-order valence-corrected chi connectivity index (χ0v) is 9.36. The molecule has 0 aromatic carbocycles. The van der Waals surface area contributed by atoms with E-state index in [1.165, 1.54) is 0 Å². The van der Waals surface area contributed by atoms with Gasteiger partial charge in [0.1, 0.15) is 6.17 Å². The number of ether oxygens (including phenoxy) is 1. The number of piperidine rings is 1. The second kappa shape index (κ2) is 4.76. The van der Waals surface area contributed by atoms with Crippen LogP contribution in [0, 0.1) is 5.92 Å². The molecule has 0 aromatic heterocycles. The van der Waals surface area contributed by atoms with Gasteiger partial charge in [-0.3, -0.25) is 4.90 Å². The van der Waals surface area contributed by atoms with Crippen molar-refractivity contribution in [3.8, 4) is 0 Å². The molecule has 0 aromatic rings. The molecule has 0 amide bonds. The van der Waals surface area contributed by atoms with Crippen LogP contribution < -0.4 is 5.73 Å². The second-order valence-electron chi connectivity index (χ2n) is 4.87. The Kier molecular flexibility index (Phi) is 3.59. The van der Waals surface area contributed by atoms with Crippen LogP contribution in [0.1, 0.15) is 19.8 Å². The van der Waals surface area contributed by atoms with Crippen LogP contribution in [-0.4, -0.2) is 49.5 Å². The molecular weight excluding hydrogens is 195 g/mol. The first-order valence-corrected chi connectivity index (χ1v) is 5.90. The highest BCUT2D eigenvalue weighted by Gasteiger charge is 2.35. The Balaban J connectivity index is 1.92. The first kappa shape index (κ1) is 11.3. The molecule has 88 valence electrons. The van der Waals surface area contributed by atoms with Gasteiger partial charge in [-0.1, -0.05) is 6.92 Å². The molecule has 4 heteroatoms. The van der Waals surface area contributed by atoms with E-state index in [9.17, 15) is 4.39 Å². The maximum Gasteiger partial charge on any atom is 0.128 e. The zero-order valence-electron chi connectivity index (χ0n) is 9.36. The summed E-state index contributed by atoms with van der Waals surface area (Å²) in [6, 6.07) is 0.230. The molecule has 2 N–H and O–H groups in total. The number of hydrogen-bond donors (Lipinski definition) is 1. The normalized spacial score (nSPS) is 40.6. The van der Waals surface area contributed by atoms with E-state index in [-0.39, 0.29) is 12.0 Å². The summed E-state index contributed by atoms with van der Waals surface area (Å²) >= 11 is 0. The third kappa shape index (κ3) is 2.49. The summed E-state index contributed by atoms with van der Waals surface area (Å²) < 4.78 is 19.0. The number of rotatable bonds is 1. The van der Waals surface area contributed by atoms with Crippen molar-refractivity contribution in [3.05, 3.63) is 0 Å². The van der Waals surface area contributed by atoms with Crippen molar-refractivity contribution in [2.24, 2.45) is 11.7 Å². The van der Waals surface area contributed by atoms with Gasteiger partial charge in [-0.05, 0) is 18.8 Å². The molecule has 0 aliphatic carbocycles. The van der Waals surface area contributed by atoms with Gasteiger partial charge in [-0.2, -0.15) is 0 Å². The Bertz CT molecular complexity index is 197. The lowest BCUT2D eigenvalue weighted by Gasteiger charge is -2.42. The number of alkyl halides is 1. The highest BCUT2D eigenvalue weighted by Crippen LogP contribution is 2.23. The molecule has 0 bridgehead atoms. The number of hydrogen-bond acceptors (Lipinski definition) is 3. The minimum atomic E-state index is -0.864. The van der Waals surface area contributed by atoms with Crippen molar-refractivity contribution >= 4 is 0 Å². The van der Waals surface area contributed by atoms with Crippen molar-refractivity contribution in [3.63, 3.8) is 0 Å². The van der Waals surface area contributed by atoms with Crippen LogP contribution in [-0.2, 0) is 4.74 Å². The monoisotopic (exact) mass is 216 g/mol. The van der Waals surface area contributed by atoms with Crippen LogP contribution in [0.25, 0.3) is 0 Å². The van der Waals surface area contributed by atoms with E-state index in [4.69, 9.17) is 10.5 Å². The highest BCUT2D eigenvalue weighted by molar-refractivity contribution is 4.90. The molecule has 2 fully saturated rings. The fourth-order valence-electron chi connectivity index (χ4n) is 2.62. The van der Waals surface area contributed by atoms with Crippen molar-refractivity contribution in [1.82, 2.24) is 4.90 Å². The Morgan fingerprint density at radius 1 is 1.27 bits per heavy atom. The average Bonchev–Trinajstić information content (AvgIpc) is 2.26. The molecule has 2 saturated heterocycles. The SMILES string of the molecule is CC1CN(C2CCOCC2)CC(F)C1N. The Labute approximate surface area is 90.8 Å². The number of halogens is 1. The fourth-order valence-corrected chi connectivity index (χ4v) is 2.62. The minimum Gasteiger partial charge on any atom is -0.381 e. The lowest BCUT2D eigenvalue weighted by atomic mass is 9.91. The van der Waals surface area contributed by atoms with Crippen LogP contribution >= 0.6 is 0 Å². The first-order valence-electron chi connectivity index (χ1n) is 5.90. The Morgan fingerprint density at radius 3 is 2.53 bits per heavy atom. The van der Waals surface area contributed by atoms with Crippen LogP contribution in [0.15, 0.2) is 0 Å². The molecule has 0 spiro atoms. The molecule has 2 heterocycles. The van der Waals surface area contributed by atoms with Gasteiger partial charge in [-0.15, -0.1) is 0 Å². The largest absolute Gasteiger partial charge is 0.381 e. The number of nitrogens with two attached hydrogens (primary N) is 1. The minimum absolute atomic E-state index is 0.261. The van der Waals surface area contributed by atoms with E-state index in [0.29, 0.717) is 12.6 Å². The van der Waals surface area contributed by atoms with E-state index >= 15 is 0 Å². The van der Waals surface area contributed by atoms with Crippen LogP contribution in [0.2, 0.25) is 0 Å². The third-order valence-corrected chi connectivity index (χ3v) is 3.71. The quantitative estimate of drug-likeness (QED) is 0.704. The van der Waals surface area contributed by atoms with E-state index in [1.807, 2.05) is 6.92 Å². The zero-order chi connectivity index (χ0) is 10.8. The summed E-state index contributed by atoms with van der Waals surface area (Å²) in [5.41, 5.74) is 5.79. The van der Waals surface area contributed by atoms with E-state index in [2.05, 4.69) is 4.90 Å². The molecule has 2 aliphatic heterocycles. The molecule has 0 saturated carbocycles. The molecule has 2 aliphatic rings. The predicted molar refractivity (Wildman–Crippen MR) is 57.4 cm³/mol. The summed E-state index contributed by atoms with van der Waals surface area (Å²) in [5, 5.41) is 0. The maximum absolute atomic E-state index is 13.6. The molecule has 2 rings (SSSR count). The van der Waals surface area contributed by atoms with Crippen LogP contribution in [0.5, 0.6) is 0 Å². The van der Waals surface area contributed by atoms with Gasteiger partial charge in [0.2, 0.25) is 0 Å². The lowest BCUT2D eigenvalue weighted by Crippen LogP contribution is -2.57. The molecule has 3 unspecified atom stereocenters. The molecule has 0 radical (unpaired) electrons. The Morgan fingerprint density at radius 2 is 1.93 bits per heavy atom. The van der Waals surface area contributed by atoms with Gasteiger partial charge < -0.3 is 10.5 Å². The van der Waals surface area contributed by atoms with Crippen molar-refractivity contribution < 1.29 is 9.13 Å². The van der Waals surface area contributed by atoms with Crippen LogP contribution in [0.3, 0.4) is 0 Å². The maximum atomic E-state index is 13.6. The number of nitrogens with zero attached hydrogens (tertiary/aromatic N) is 1. The van der Waals surface area contributed by atoms with Crippen molar-refractivity contribution in [2.75, 3.05) is 26.3 Å². The predicted octanol–water partition coefficient (Wildman–Crippen LogP) is 0.782. The first-order chi connectivity index (χ1) is 7.18. The number of likely N-dealkylation sites (tertiary alicyclic amines) is 1. The summed E-state index contributed by atoms with van der Waals surface area (Å²) in [7, 11) is 0. The smallest absolute Gasteiger partial charge is 0.128 e. The second-order valence-corrected chi connectivity index (χ2v) is 4.87. The highest BCUT2D eigenvalue weighted by atomic mass is 19.1. The van der Waals surface area contributed by atoms with Crippen LogP contribution in [0.4, 0.5) is 4.39 Å². The topological polar surface area (TPSA) is 38.5 Å². The Hall–Kier alpha value is -0.190. The summed E-state index contributed by atoms with van der Waals surface area (Å²) in [4.78, 5) is 2.27. The van der Waals surface area contributed by atoms with Gasteiger partial charge in [0.15, 0.2) is 0 Å². The van der Waals surface area contributed by atoms with Gasteiger partial charge >= 0.3 is 0 Å². The van der Waals surface area contributed by atoms with Gasteiger partial charge in [0, 0.05) is 38.4 Å². The van der Waals surface area contributed by atoms with E-state index in [0.717, 1.165) is 32.6 Å². The fraction of sp³-hybridized carbons (Fsp3) is 1.00. The average molecular weight is 216 g/mol. The van der Waals surface area contributed by atoms with Gasteiger partial charge in [0.25, 0.3) is 0 Å². The third-order valence-electron chi connectivity index (χ3n) is 3.71. The molecule has 3 nitrogen and oxygen atoms in total. The lowest BCUT2D eigenvalue weighted by molar-refractivity contribution is -0.00540. The van der Waals surface area contributed by atoms with Crippen molar-refractivity contribution in [2.45, 2.75) is 38.0 Å². The molecular formula is C11H21FN2O. The van der Waals surface area contributed by atoms with E-state index < -0.39 is 6.17 Å². The van der Waals surface area contributed by atoms with Gasteiger partial charge in [0.05, 0.1) is 0 Å². The standard InChI is InChI=1S/C11H21FN2O/c1-8-6-14(7-10(12)11(8)13)9-2-4-15-5-3-9/h8-11H,2-7,13H2,1H3. The molecule has 3 atom stereocenters. The van der Waals surface area contributed by atoms with E-state index in [1.54, 1.807) is 0 Å². The summed E-state index contributed by atoms with van der Waals surface area (Å²) in [6.45, 7) is 5.13. The molecule has 15 heavy (non-hydrogen) atoms. The summed E-state index contributed by atoms with van der Waals surface area (Å²) in [6.07, 6.45) is 1.21. The van der Waals surface area contributed by atoms with Crippen molar-refractivity contribution in [1.29, 1.82) is 0 Å². The van der Waals surface area contributed by atoms with Gasteiger partial charge in [-0.25, -0.2) is 4.39 Å². The summed E-state index contributed by atoms with van der Waals surface area (Å²) in [5.74, 6) is 0.261.